The number of nitrogens with zero attached hydrogens (tertiary/aromatic N) is 5. The van der Waals surface area contributed by atoms with Gasteiger partial charge >= 0.3 is 0 Å². The third kappa shape index (κ3) is 6.34. The number of hydrogen-bond acceptors (Lipinski definition) is 8. The largest absolute Gasteiger partial charge is 0.456 e. The molecule has 0 bridgehead atoms. The molecule has 3 aromatic carbocycles. The van der Waals surface area contributed by atoms with Crippen molar-refractivity contribution in [3.8, 4) is 5.75 Å². The Bertz CT molecular complexity index is 1250. The minimum atomic E-state index is 0.558. The van der Waals surface area contributed by atoms with Crippen molar-refractivity contribution in [2.75, 3.05) is 31.2 Å². The van der Waals surface area contributed by atoms with E-state index in [0.717, 1.165) is 49.5 Å². The molecule has 0 spiro atoms. The number of azo groups is 2. The number of benzene rings is 3. The van der Waals surface area contributed by atoms with E-state index in [4.69, 9.17) is 9.47 Å². The van der Waals surface area contributed by atoms with Crippen LogP contribution in [0, 0.1) is 6.92 Å². The van der Waals surface area contributed by atoms with Crippen LogP contribution in [0.5, 0.6) is 5.75 Å². The quantitative estimate of drug-likeness (QED) is 0.176. The van der Waals surface area contributed by atoms with Gasteiger partial charge in [0, 0.05) is 24.5 Å². The SMILES string of the molecule is Cc1cc(/N=N/c2ccc(OC=C=C=O)cc2)ccc1/N=N/c1ccc(N2CCOCC2)cc1. The Morgan fingerprint density at radius 1 is 0.853 bits per heavy atom. The molecule has 0 N–H and O–H groups in total. The number of anilines is 1. The van der Waals surface area contributed by atoms with E-state index < -0.39 is 0 Å². The lowest BCUT2D eigenvalue weighted by Gasteiger charge is -2.28. The van der Waals surface area contributed by atoms with E-state index in [9.17, 15) is 4.79 Å². The lowest BCUT2D eigenvalue weighted by molar-refractivity contribution is 0.122. The summed E-state index contributed by atoms with van der Waals surface area (Å²) in [5.41, 5.74) is 7.26. The van der Waals surface area contributed by atoms with Crippen LogP contribution in [0.25, 0.3) is 0 Å². The van der Waals surface area contributed by atoms with Gasteiger partial charge in [0.25, 0.3) is 0 Å². The van der Waals surface area contributed by atoms with Crippen LogP contribution in [-0.4, -0.2) is 32.2 Å². The summed E-state index contributed by atoms with van der Waals surface area (Å²) in [6, 6.07) is 20.7. The summed E-state index contributed by atoms with van der Waals surface area (Å²) < 4.78 is 10.6. The van der Waals surface area contributed by atoms with Crippen molar-refractivity contribution < 1.29 is 14.3 Å². The Morgan fingerprint density at radius 3 is 2.15 bits per heavy atom. The van der Waals surface area contributed by atoms with E-state index >= 15 is 0 Å². The second-order valence-electron chi connectivity index (χ2n) is 7.46. The number of aryl methyl sites for hydroxylation is 1. The molecule has 0 saturated carbocycles. The summed E-state index contributed by atoms with van der Waals surface area (Å²) in [5.74, 6) is 2.05. The maximum Gasteiger partial charge on any atom is 0.180 e. The minimum Gasteiger partial charge on any atom is -0.456 e. The molecule has 170 valence electrons. The molecule has 1 heterocycles. The molecule has 1 saturated heterocycles. The summed E-state index contributed by atoms with van der Waals surface area (Å²) in [6.07, 6.45) is 1.14. The summed E-state index contributed by atoms with van der Waals surface area (Å²) in [5, 5.41) is 17.3. The van der Waals surface area contributed by atoms with E-state index in [1.807, 2.05) is 37.3 Å². The summed E-state index contributed by atoms with van der Waals surface area (Å²) in [7, 11) is 0. The molecule has 0 radical (unpaired) electrons. The van der Waals surface area contributed by atoms with E-state index in [1.165, 1.54) is 11.6 Å². The first-order valence-corrected chi connectivity index (χ1v) is 10.8. The molecule has 4 rings (SSSR count). The lowest BCUT2D eigenvalue weighted by atomic mass is 10.2. The average molecular weight is 454 g/mol. The van der Waals surface area contributed by atoms with Crippen LogP contribution >= 0.6 is 0 Å². The van der Waals surface area contributed by atoms with Gasteiger partial charge in [0.05, 0.1) is 36.0 Å². The molecule has 1 aliphatic heterocycles. The molecule has 0 unspecified atom stereocenters. The maximum atomic E-state index is 10.1. The van der Waals surface area contributed by atoms with Gasteiger partial charge < -0.3 is 14.4 Å². The average Bonchev–Trinajstić information content (AvgIpc) is 2.89. The minimum absolute atomic E-state index is 0.558. The van der Waals surface area contributed by atoms with Gasteiger partial charge in [-0.3, -0.25) is 0 Å². The molecule has 8 heteroatoms. The first-order chi connectivity index (χ1) is 16.7. The van der Waals surface area contributed by atoms with Crippen LogP contribution in [0.15, 0.2) is 99.2 Å². The zero-order valence-electron chi connectivity index (χ0n) is 18.7. The van der Waals surface area contributed by atoms with E-state index in [2.05, 4.69) is 43.2 Å². The Morgan fingerprint density at radius 2 is 1.47 bits per heavy atom. The molecule has 0 atom stereocenters. The zero-order valence-corrected chi connectivity index (χ0v) is 18.7. The highest BCUT2D eigenvalue weighted by atomic mass is 16.5. The highest BCUT2D eigenvalue weighted by Gasteiger charge is 2.10. The Labute approximate surface area is 197 Å². The van der Waals surface area contributed by atoms with Gasteiger partial charge in [-0.05, 0) is 79.2 Å². The fraction of sp³-hybridized carbons (Fsp3) is 0.192. The second-order valence-corrected chi connectivity index (χ2v) is 7.46. The highest BCUT2D eigenvalue weighted by Crippen LogP contribution is 2.28. The molecule has 0 aliphatic carbocycles. The fourth-order valence-corrected chi connectivity index (χ4v) is 3.31. The van der Waals surface area contributed by atoms with Crippen molar-refractivity contribution in [3.63, 3.8) is 0 Å². The van der Waals surface area contributed by atoms with Gasteiger partial charge in [-0.1, -0.05) is 0 Å². The Hall–Kier alpha value is -4.35. The Kier molecular flexibility index (Phi) is 7.72. The summed E-state index contributed by atoms with van der Waals surface area (Å²) >= 11 is 0. The number of ether oxygens (including phenoxy) is 2. The van der Waals surface area contributed by atoms with Crippen LogP contribution in [0.1, 0.15) is 5.56 Å². The summed E-state index contributed by atoms with van der Waals surface area (Å²) in [4.78, 5) is 12.4. The van der Waals surface area contributed by atoms with Gasteiger partial charge in [-0.25, -0.2) is 4.79 Å². The number of morpholine rings is 1. The van der Waals surface area contributed by atoms with Crippen molar-refractivity contribution in [2.24, 2.45) is 20.5 Å². The van der Waals surface area contributed by atoms with Crippen molar-refractivity contribution in [2.45, 2.75) is 6.92 Å². The number of rotatable bonds is 7. The predicted octanol–water partition coefficient (Wildman–Crippen LogP) is 6.54. The van der Waals surface area contributed by atoms with E-state index in [1.54, 1.807) is 24.3 Å². The van der Waals surface area contributed by atoms with Crippen molar-refractivity contribution in [3.05, 3.63) is 84.3 Å². The van der Waals surface area contributed by atoms with Crippen LogP contribution in [0.2, 0.25) is 0 Å². The smallest absolute Gasteiger partial charge is 0.180 e. The zero-order chi connectivity index (χ0) is 23.6. The topological polar surface area (TPSA) is 88.2 Å². The van der Waals surface area contributed by atoms with E-state index in [0.29, 0.717) is 17.1 Å². The van der Waals surface area contributed by atoms with Crippen molar-refractivity contribution in [1.29, 1.82) is 0 Å². The third-order valence-corrected chi connectivity index (χ3v) is 5.11. The molecule has 34 heavy (non-hydrogen) atoms. The van der Waals surface area contributed by atoms with Gasteiger partial charge in [0.15, 0.2) is 5.94 Å². The molecule has 3 aromatic rings. The highest BCUT2D eigenvalue weighted by molar-refractivity contribution is 5.55. The lowest BCUT2D eigenvalue weighted by Crippen LogP contribution is -2.36. The third-order valence-electron chi connectivity index (χ3n) is 5.11. The van der Waals surface area contributed by atoms with Gasteiger partial charge in [0.1, 0.15) is 12.0 Å². The maximum absolute atomic E-state index is 10.1. The van der Waals surface area contributed by atoms with Crippen LogP contribution < -0.4 is 9.64 Å². The monoisotopic (exact) mass is 453 g/mol. The molecule has 0 amide bonds. The van der Waals surface area contributed by atoms with Gasteiger partial charge in [-0.2, -0.15) is 20.5 Å². The molecule has 8 nitrogen and oxygen atoms in total. The fourth-order valence-electron chi connectivity index (χ4n) is 3.31. The first-order valence-electron chi connectivity index (χ1n) is 10.8. The molecular formula is C26H23N5O3. The first kappa shape index (κ1) is 22.8. The predicted molar refractivity (Wildman–Crippen MR) is 130 cm³/mol. The second kappa shape index (κ2) is 11.5. The van der Waals surface area contributed by atoms with Crippen LogP contribution in [0.4, 0.5) is 28.4 Å². The Balaban J connectivity index is 1.37. The van der Waals surface area contributed by atoms with Crippen LogP contribution in [-0.2, 0) is 9.53 Å². The van der Waals surface area contributed by atoms with Gasteiger partial charge in [-0.15, -0.1) is 0 Å². The van der Waals surface area contributed by atoms with E-state index in [-0.39, 0.29) is 0 Å². The molecular weight excluding hydrogens is 430 g/mol. The standard InChI is InChI=1S/C26H23N5O3/c1-20-19-23(29-27-22-5-10-25(11-6-22)34-16-2-15-32)7-12-26(20)30-28-21-3-8-24(9-4-21)31-13-17-33-18-14-31/h3-12,16,19H,13-14,17-18H2,1H3/b29-27+,30-28+. The molecule has 0 aromatic heterocycles. The molecule has 1 aliphatic rings. The molecule has 1 fully saturated rings. The normalized spacial score (nSPS) is 13.6. The summed E-state index contributed by atoms with van der Waals surface area (Å²) in [6.45, 7) is 5.29. The van der Waals surface area contributed by atoms with Gasteiger partial charge in [0.2, 0.25) is 0 Å². The number of hydrogen-bond donors (Lipinski definition) is 0. The number of carbonyl (C=O) groups excluding carboxylic acids is 1. The van der Waals surface area contributed by atoms with Crippen molar-refractivity contribution >= 4 is 34.4 Å². The van der Waals surface area contributed by atoms with Crippen molar-refractivity contribution in [1.82, 2.24) is 0 Å². The van der Waals surface area contributed by atoms with Crippen LogP contribution in [0.3, 0.4) is 0 Å².